The average Bonchev–Trinajstić information content (AvgIpc) is 3.37. The Bertz CT molecular complexity index is 1090. The number of fused-ring (bicyclic) bond motifs is 1. The van der Waals surface area contributed by atoms with Crippen LogP contribution >= 0.6 is 11.3 Å². The maximum atomic E-state index is 12.7. The molecule has 0 unspecified atom stereocenters. The third-order valence-corrected chi connectivity index (χ3v) is 5.10. The van der Waals surface area contributed by atoms with E-state index in [0.717, 1.165) is 29.7 Å². The highest BCUT2D eigenvalue weighted by Crippen LogP contribution is 2.22. The summed E-state index contributed by atoms with van der Waals surface area (Å²) in [6, 6.07) is 15.3. The van der Waals surface area contributed by atoms with Crippen molar-refractivity contribution in [3.63, 3.8) is 0 Å². The van der Waals surface area contributed by atoms with Crippen molar-refractivity contribution in [1.29, 1.82) is 0 Å². The number of hydrogen-bond donors (Lipinski definition) is 1. The molecule has 2 heterocycles. The topological polar surface area (TPSA) is 56.2 Å². The first kappa shape index (κ1) is 18.3. The lowest BCUT2D eigenvalue weighted by atomic mass is 10.2. The number of rotatable bonds is 7. The smallest absolute Gasteiger partial charge is 0.255 e. The lowest BCUT2D eigenvalue weighted by Gasteiger charge is -2.09. The molecular formula is C22H21N3O2S. The highest BCUT2D eigenvalue weighted by molar-refractivity contribution is 7.07. The number of hydrogen-bond acceptors (Lipinski definition) is 4. The average molecular weight is 391 g/mol. The van der Waals surface area contributed by atoms with Gasteiger partial charge in [-0.1, -0.05) is 13.0 Å². The fraction of sp³-hybridized carbons (Fsp3) is 0.182. The number of aryl methyl sites for hydroxylation is 1. The molecule has 6 heteroatoms. The van der Waals surface area contributed by atoms with Gasteiger partial charge in [-0.15, -0.1) is 11.3 Å². The Balaban J connectivity index is 1.45. The van der Waals surface area contributed by atoms with Gasteiger partial charge in [0.25, 0.3) is 5.91 Å². The van der Waals surface area contributed by atoms with Crippen LogP contribution in [-0.2, 0) is 13.2 Å². The number of aromatic nitrogens is 2. The zero-order valence-electron chi connectivity index (χ0n) is 15.6. The summed E-state index contributed by atoms with van der Waals surface area (Å²) in [6.45, 7) is 3.54. The van der Waals surface area contributed by atoms with Gasteiger partial charge in [-0.2, -0.15) is 0 Å². The fourth-order valence-corrected chi connectivity index (χ4v) is 3.65. The van der Waals surface area contributed by atoms with Crippen LogP contribution in [0.15, 0.2) is 65.6 Å². The van der Waals surface area contributed by atoms with E-state index in [4.69, 9.17) is 4.74 Å². The second-order valence-corrected chi connectivity index (χ2v) is 7.25. The number of benzene rings is 2. The lowest BCUT2D eigenvalue weighted by molar-refractivity contribution is 0.102. The molecule has 0 aliphatic rings. The monoisotopic (exact) mass is 391 g/mol. The fourth-order valence-electron chi connectivity index (χ4n) is 3.11. The quantitative estimate of drug-likeness (QED) is 0.463. The van der Waals surface area contributed by atoms with Crippen LogP contribution in [0.1, 0.15) is 29.4 Å². The van der Waals surface area contributed by atoms with Gasteiger partial charge in [0.05, 0.1) is 11.2 Å². The maximum absolute atomic E-state index is 12.7. The Hall–Kier alpha value is -3.12. The van der Waals surface area contributed by atoms with Gasteiger partial charge in [-0.3, -0.25) is 4.79 Å². The zero-order chi connectivity index (χ0) is 19.3. The van der Waals surface area contributed by atoms with E-state index in [-0.39, 0.29) is 5.91 Å². The molecule has 0 bridgehead atoms. The summed E-state index contributed by atoms with van der Waals surface area (Å²) < 4.78 is 7.96. The Morgan fingerprint density at radius 2 is 2.14 bits per heavy atom. The Kier molecular flexibility index (Phi) is 5.39. The summed E-state index contributed by atoms with van der Waals surface area (Å²) in [4.78, 5) is 16.9. The number of nitrogens with one attached hydrogen (secondary N) is 1. The molecule has 5 nitrogen and oxygen atoms in total. The van der Waals surface area contributed by atoms with E-state index in [0.29, 0.717) is 17.9 Å². The van der Waals surface area contributed by atoms with Crippen molar-refractivity contribution in [3.05, 3.63) is 76.9 Å². The Morgan fingerprint density at radius 3 is 2.96 bits per heavy atom. The third kappa shape index (κ3) is 4.07. The zero-order valence-corrected chi connectivity index (χ0v) is 16.4. The highest BCUT2D eigenvalue weighted by atomic mass is 32.1. The van der Waals surface area contributed by atoms with E-state index in [2.05, 4.69) is 34.1 Å². The normalized spacial score (nSPS) is 10.9. The van der Waals surface area contributed by atoms with Gasteiger partial charge in [0.1, 0.15) is 12.4 Å². The van der Waals surface area contributed by atoms with Crippen LogP contribution in [0.25, 0.3) is 10.9 Å². The molecule has 0 aliphatic carbocycles. The molecule has 4 rings (SSSR count). The van der Waals surface area contributed by atoms with E-state index in [1.165, 1.54) is 16.9 Å². The predicted molar refractivity (Wildman–Crippen MR) is 113 cm³/mol. The van der Waals surface area contributed by atoms with Crippen molar-refractivity contribution in [2.45, 2.75) is 26.5 Å². The van der Waals surface area contributed by atoms with Crippen LogP contribution in [0, 0.1) is 0 Å². The predicted octanol–water partition coefficient (Wildman–Crippen LogP) is 5.34. The van der Waals surface area contributed by atoms with E-state index in [1.807, 2.05) is 35.7 Å². The molecule has 28 heavy (non-hydrogen) atoms. The van der Waals surface area contributed by atoms with Crippen LogP contribution in [0.3, 0.4) is 0 Å². The van der Waals surface area contributed by atoms with Crippen molar-refractivity contribution in [3.8, 4) is 5.75 Å². The molecule has 0 saturated heterocycles. The number of carbonyl (C=O) groups is 1. The molecule has 1 amide bonds. The first-order chi connectivity index (χ1) is 13.7. The van der Waals surface area contributed by atoms with Gasteiger partial charge in [0.15, 0.2) is 0 Å². The molecule has 2 aromatic carbocycles. The van der Waals surface area contributed by atoms with Gasteiger partial charge in [-0.05, 0) is 48.9 Å². The van der Waals surface area contributed by atoms with Gasteiger partial charge in [-0.25, -0.2) is 4.98 Å². The van der Waals surface area contributed by atoms with Crippen molar-refractivity contribution < 1.29 is 9.53 Å². The SMILES string of the molecule is CCCn1ccc2cc(NC(=O)c3cccc(OCc4cscn4)c3)ccc21. The number of nitrogens with zero attached hydrogens (tertiary/aromatic N) is 2. The Labute approximate surface area is 167 Å². The van der Waals surface area contributed by atoms with E-state index in [1.54, 1.807) is 17.6 Å². The van der Waals surface area contributed by atoms with Crippen LogP contribution in [0.4, 0.5) is 5.69 Å². The second kappa shape index (κ2) is 8.27. The summed E-state index contributed by atoms with van der Waals surface area (Å²) in [5.74, 6) is 0.485. The molecule has 0 aliphatic heterocycles. The summed E-state index contributed by atoms with van der Waals surface area (Å²) in [6.07, 6.45) is 3.17. The number of carbonyl (C=O) groups excluding carboxylic acids is 1. The molecule has 2 aromatic heterocycles. The Morgan fingerprint density at radius 1 is 1.21 bits per heavy atom. The van der Waals surface area contributed by atoms with Crippen molar-refractivity contribution in [1.82, 2.24) is 9.55 Å². The minimum atomic E-state index is -0.161. The molecule has 142 valence electrons. The highest BCUT2D eigenvalue weighted by Gasteiger charge is 2.09. The van der Waals surface area contributed by atoms with Crippen LogP contribution in [0.5, 0.6) is 5.75 Å². The number of anilines is 1. The number of amides is 1. The van der Waals surface area contributed by atoms with E-state index in [9.17, 15) is 4.79 Å². The molecule has 0 fully saturated rings. The molecule has 0 saturated carbocycles. The van der Waals surface area contributed by atoms with Crippen LogP contribution < -0.4 is 10.1 Å². The third-order valence-electron chi connectivity index (χ3n) is 4.46. The largest absolute Gasteiger partial charge is 0.487 e. The molecule has 0 spiro atoms. The number of thiazole rings is 1. The first-order valence-electron chi connectivity index (χ1n) is 9.23. The van der Waals surface area contributed by atoms with Crippen molar-refractivity contribution in [2.75, 3.05) is 5.32 Å². The van der Waals surface area contributed by atoms with Crippen LogP contribution in [-0.4, -0.2) is 15.5 Å². The molecule has 0 atom stereocenters. The molecule has 0 radical (unpaired) electrons. The molecule has 4 aromatic rings. The van der Waals surface area contributed by atoms with Gasteiger partial charge >= 0.3 is 0 Å². The summed E-state index contributed by atoms with van der Waals surface area (Å²) >= 11 is 1.53. The van der Waals surface area contributed by atoms with E-state index >= 15 is 0 Å². The van der Waals surface area contributed by atoms with Crippen LogP contribution in [0.2, 0.25) is 0 Å². The van der Waals surface area contributed by atoms with Crippen molar-refractivity contribution in [2.24, 2.45) is 0 Å². The number of ether oxygens (including phenoxy) is 1. The standard InChI is InChI=1S/C22H21N3O2S/c1-2-9-25-10-8-16-11-18(6-7-21(16)25)24-22(26)17-4-3-5-20(12-17)27-13-19-14-28-15-23-19/h3-8,10-12,14-15H,2,9,13H2,1H3,(H,24,26). The first-order valence-corrected chi connectivity index (χ1v) is 10.2. The van der Waals surface area contributed by atoms with Crippen molar-refractivity contribution >= 4 is 33.8 Å². The minimum Gasteiger partial charge on any atom is -0.487 e. The second-order valence-electron chi connectivity index (χ2n) is 6.53. The summed E-state index contributed by atoms with van der Waals surface area (Å²) in [7, 11) is 0. The van der Waals surface area contributed by atoms with Gasteiger partial charge < -0.3 is 14.6 Å². The van der Waals surface area contributed by atoms with Gasteiger partial charge in [0.2, 0.25) is 0 Å². The lowest BCUT2D eigenvalue weighted by Crippen LogP contribution is -2.12. The maximum Gasteiger partial charge on any atom is 0.255 e. The van der Waals surface area contributed by atoms with E-state index < -0.39 is 0 Å². The molecular weight excluding hydrogens is 370 g/mol. The molecule has 1 N–H and O–H groups in total. The summed E-state index contributed by atoms with van der Waals surface area (Å²) in [5.41, 5.74) is 5.16. The van der Waals surface area contributed by atoms with Gasteiger partial charge in [0, 0.05) is 40.3 Å². The summed E-state index contributed by atoms with van der Waals surface area (Å²) in [5, 5.41) is 6.04. The minimum absolute atomic E-state index is 0.161.